The Bertz CT molecular complexity index is 1240. The van der Waals surface area contributed by atoms with E-state index < -0.39 is 0 Å². The Morgan fingerprint density at radius 3 is 2.36 bits per heavy atom. The first-order valence-corrected chi connectivity index (χ1v) is 11.5. The standard InChI is InChI=1S/C25H18Cl2FNO3S/c1-15-6-8-16(9-7-15)13-29-24(30)22(33-25(29)31)12-17-10-19(26)23(20(27)11-17)32-14-18-4-2-3-5-21(18)28/h2-12H,13-14H2,1H3/b22-12-. The van der Waals surface area contributed by atoms with Gasteiger partial charge in [-0.05, 0) is 54.1 Å². The fourth-order valence-electron chi connectivity index (χ4n) is 3.23. The summed E-state index contributed by atoms with van der Waals surface area (Å²) in [7, 11) is 0. The van der Waals surface area contributed by atoms with Crippen LogP contribution in [0.3, 0.4) is 0 Å². The first kappa shape index (κ1) is 23.4. The van der Waals surface area contributed by atoms with Crippen molar-refractivity contribution in [3.8, 4) is 5.75 Å². The Labute approximate surface area is 204 Å². The molecule has 1 aliphatic heterocycles. The number of imide groups is 1. The molecule has 1 heterocycles. The fourth-order valence-corrected chi connectivity index (χ4v) is 4.68. The average molecular weight is 502 g/mol. The van der Waals surface area contributed by atoms with Crippen molar-refractivity contribution in [2.24, 2.45) is 0 Å². The summed E-state index contributed by atoms with van der Waals surface area (Å²) in [4.78, 5) is 26.7. The molecule has 0 radical (unpaired) electrons. The van der Waals surface area contributed by atoms with E-state index in [4.69, 9.17) is 27.9 Å². The number of hydrogen-bond acceptors (Lipinski definition) is 4. The van der Waals surface area contributed by atoms with E-state index in [0.29, 0.717) is 11.1 Å². The van der Waals surface area contributed by atoms with Crippen molar-refractivity contribution in [1.29, 1.82) is 0 Å². The van der Waals surface area contributed by atoms with Gasteiger partial charge in [-0.3, -0.25) is 14.5 Å². The molecular weight excluding hydrogens is 484 g/mol. The van der Waals surface area contributed by atoms with E-state index in [1.165, 1.54) is 11.0 Å². The zero-order valence-electron chi connectivity index (χ0n) is 17.5. The highest BCUT2D eigenvalue weighted by molar-refractivity contribution is 8.18. The predicted molar refractivity (Wildman–Crippen MR) is 130 cm³/mol. The van der Waals surface area contributed by atoms with Crippen LogP contribution < -0.4 is 4.74 Å². The van der Waals surface area contributed by atoms with Gasteiger partial charge >= 0.3 is 0 Å². The molecule has 8 heteroatoms. The van der Waals surface area contributed by atoms with Crippen molar-refractivity contribution >= 4 is 52.2 Å². The molecule has 0 N–H and O–H groups in total. The van der Waals surface area contributed by atoms with E-state index in [-0.39, 0.29) is 50.8 Å². The van der Waals surface area contributed by atoms with Crippen LogP contribution in [0.25, 0.3) is 6.08 Å². The summed E-state index contributed by atoms with van der Waals surface area (Å²) in [5.41, 5.74) is 2.88. The van der Waals surface area contributed by atoms with Gasteiger partial charge in [-0.1, -0.05) is 71.2 Å². The predicted octanol–water partition coefficient (Wildman–Crippen LogP) is 7.26. The normalized spacial score (nSPS) is 14.9. The summed E-state index contributed by atoms with van der Waals surface area (Å²) in [6, 6.07) is 17.1. The summed E-state index contributed by atoms with van der Waals surface area (Å²) >= 11 is 13.5. The van der Waals surface area contributed by atoms with Crippen LogP contribution in [-0.2, 0) is 17.9 Å². The molecule has 0 atom stereocenters. The molecule has 0 saturated carbocycles. The van der Waals surface area contributed by atoms with E-state index in [0.717, 1.165) is 22.9 Å². The average Bonchev–Trinajstić information content (AvgIpc) is 3.03. The van der Waals surface area contributed by atoms with Gasteiger partial charge in [0.1, 0.15) is 12.4 Å². The van der Waals surface area contributed by atoms with Crippen LogP contribution in [-0.4, -0.2) is 16.0 Å². The van der Waals surface area contributed by atoms with Crippen LogP contribution in [0.1, 0.15) is 22.3 Å². The second-order valence-corrected chi connectivity index (χ2v) is 9.25. The first-order chi connectivity index (χ1) is 15.8. The van der Waals surface area contributed by atoms with Gasteiger partial charge in [0.2, 0.25) is 0 Å². The number of carbonyl (C=O) groups is 2. The first-order valence-electron chi connectivity index (χ1n) is 9.98. The third kappa shape index (κ3) is 5.41. The zero-order chi connectivity index (χ0) is 23.5. The molecule has 0 unspecified atom stereocenters. The molecule has 168 valence electrons. The number of amides is 2. The van der Waals surface area contributed by atoms with Crippen molar-refractivity contribution in [1.82, 2.24) is 4.90 Å². The van der Waals surface area contributed by atoms with Crippen LogP contribution in [0.2, 0.25) is 10.0 Å². The van der Waals surface area contributed by atoms with Gasteiger partial charge in [0, 0.05) is 5.56 Å². The summed E-state index contributed by atoms with van der Waals surface area (Å²) in [6.45, 7) is 2.13. The number of nitrogens with zero attached hydrogens (tertiary/aromatic N) is 1. The number of hydrogen-bond donors (Lipinski definition) is 0. The third-order valence-electron chi connectivity index (χ3n) is 4.98. The summed E-state index contributed by atoms with van der Waals surface area (Å²) < 4.78 is 19.5. The summed E-state index contributed by atoms with van der Waals surface area (Å²) in [6.07, 6.45) is 1.57. The third-order valence-corrected chi connectivity index (χ3v) is 6.45. The minimum absolute atomic E-state index is 0.0383. The van der Waals surface area contributed by atoms with Crippen molar-refractivity contribution in [3.05, 3.63) is 104 Å². The van der Waals surface area contributed by atoms with Crippen LogP contribution in [0.4, 0.5) is 9.18 Å². The number of ether oxygens (including phenoxy) is 1. The molecule has 33 heavy (non-hydrogen) atoms. The Morgan fingerprint density at radius 1 is 1.03 bits per heavy atom. The molecular formula is C25H18Cl2FNO3S. The van der Waals surface area contributed by atoms with Crippen LogP contribution in [0, 0.1) is 12.7 Å². The highest BCUT2D eigenvalue weighted by atomic mass is 35.5. The van der Waals surface area contributed by atoms with Crippen LogP contribution in [0.5, 0.6) is 5.75 Å². The molecule has 0 bridgehead atoms. The number of halogens is 3. The topological polar surface area (TPSA) is 46.6 Å². The summed E-state index contributed by atoms with van der Waals surface area (Å²) in [5.74, 6) is -0.549. The van der Waals surface area contributed by atoms with Crippen LogP contribution in [0.15, 0.2) is 65.6 Å². The highest BCUT2D eigenvalue weighted by Crippen LogP contribution is 2.38. The molecule has 1 aliphatic rings. The lowest BCUT2D eigenvalue weighted by Gasteiger charge is -2.13. The maximum Gasteiger partial charge on any atom is 0.293 e. The van der Waals surface area contributed by atoms with Gasteiger partial charge < -0.3 is 4.74 Å². The second-order valence-electron chi connectivity index (χ2n) is 7.45. The molecule has 0 aromatic heterocycles. The number of aryl methyl sites for hydroxylation is 1. The van der Waals surface area contributed by atoms with E-state index in [2.05, 4.69) is 0 Å². The largest absolute Gasteiger partial charge is 0.486 e. The van der Waals surface area contributed by atoms with Gasteiger partial charge in [-0.15, -0.1) is 0 Å². The Morgan fingerprint density at radius 2 is 1.70 bits per heavy atom. The van der Waals surface area contributed by atoms with E-state index >= 15 is 0 Å². The van der Waals surface area contributed by atoms with Gasteiger partial charge in [0.25, 0.3) is 11.1 Å². The molecule has 4 nitrogen and oxygen atoms in total. The molecule has 3 aromatic rings. The minimum Gasteiger partial charge on any atom is -0.486 e. The van der Waals surface area contributed by atoms with E-state index in [1.54, 1.807) is 36.4 Å². The van der Waals surface area contributed by atoms with Gasteiger partial charge in [0.05, 0.1) is 21.5 Å². The zero-order valence-corrected chi connectivity index (χ0v) is 19.8. The maximum absolute atomic E-state index is 13.8. The van der Waals surface area contributed by atoms with Gasteiger partial charge in [-0.2, -0.15) is 0 Å². The van der Waals surface area contributed by atoms with Gasteiger partial charge in [-0.25, -0.2) is 4.39 Å². The molecule has 1 saturated heterocycles. The molecule has 3 aromatic carbocycles. The maximum atomic E-state index is 13.8. The van der Waals surface area contributed by atoms with Crippen molar-refractivity contribution in [2.75, 3.05) is 0 Å². The smallest absolute Gasteiger partial charge is 0.293 e. The number of thioether (sulfide) groups is 1. The molecule has 4 rings (SSSR count). The molecule has 2 amide bonds. The fraction of sp³-hybridized carbons (Fsp3) is 0.120. The molecule has 0 spiro atoms. The number of rotatable bonds is 6. The lowest BCUT2D eigenvalue weighted by molar-refractivity contribution is -0.123. The quantitative estimate of drug-likeness (QED) is 0.333. The number of carbonyl (C=O) groups excluding carboxylic acids is 2. The van der Waals surface area contributed by atoms with Gasteiger partial charge in [0.15, 0.2) is 5.75 Å². The lowest BCUT2D eigenvalue weighted by Crippen LogP contribution is -2.27. The van der Waals surface area contributed by atoms with Crippen LogP contribution >= 0.6 is 35.0 Å². The Hall–Kier alpha value is -2.80. The lowest BCUT2D eigenvalue weighted by atomic mass is 10.1. The minimum atomic E-state index is -0.386. The Kier molecular flexibility index (Phi) is 7.08. The summed E-state index contributed by atoms with van der Waals surface area (Å²) in [5, 5.41) is 0.0850. The monoisotopic (exact) mass is 501 g/mol. The second kappa shape index (κ2) is 10.00. The Balaban J connectivity index is 1.50. The number of benzene rings is 3. The van der Waals surface area contributed by atoms with E-state index in [9.17, 15) is 14.0 Å². The van der Waals surface area contributed by atoms with E-state index in [1.807, 2.05) is 31.2 Å². The van der Waals surface area contributed by atoms with Crippen molar-refractivity contribution in [3.63, 3.8) is 0 Å². The highest BCUT2D eigenvalue weighted by Gasteiger charge is 2.35. The molecule has 0 aliphatic carbocycles. The van der Waals surface area contributed by atoms with Crippen molar-refractivity contribution in [2.45, 2.75) is 20.1 Å². The molecule has 1 fully saturated rings. The SMILES string of the molecule is Cc1ccc(CN2C(=O)S/C(=C\c3cc(Cl)c(OCc4ccccc4F)c(Cl)c3)C2=O)cc1. The van der Waals surface area contributed by atoms with Crippen molar-refractivity contribution < 1.29 is 18.7 Å².